The van der Waals surface area contributed by atoms with Gasteiger partial charge in [-0.2, -0.15) is 14.5 Å². The van der Waals surface area contributed by atoms with Gasteiger partial charge in [0.2, 0.25) is 10.0 Å². The van der Waals surface area contributed by atoms with E-state index < -0.39 is 10.0 Å². The van der Waals surface area contributed by atoms with Crippen molar-refractivity contribution in [1.29, 1.82) is 0 Å². The Balaban J connectivity index is 2.33. The predicted octanol–water partition coefficient (Wildman–Crippen LogP) is 2.01. The van der Waals surface area contributed by atoms with Crippen LogP contribution in [0.2, 0.25) is 0 Å². The van der Waals surface area contributed by atoms with Gasteiger partial charge in [0.15, 0.2) is 0 Å². The van der Waals surface area contributed by atoms with E-state index in [1.54, 1.807) is 29.5 Å². The topological polar surface area (TPSA) is 73.0 Å². The van der Waals surface area contributed by atoms with E-state index in [-0.39, 0.29) is 11.4 Å². The molecule has 2 aromatic rings. The zero-order chi connectivity index (χ0) is 16.5. The minimum Gasteiger partial charge on any atom is -0.269 e. The average Bonchev–Trinajstić information content (AvgIpc) is 3.02. The first-order valence-corrected chi connectivity index (χ1v) is 9.25. The van der Waals surface area contributed by atoms with Crippen molar-refractivity contribution in [3.8, 4) is 0 Å². The molecule has 0 aliphatic carbocycles. The summed E-state index contributed by atoms with van der Waals surface area (Å²) in [5, 5.41) is 8.32. The smallest absolute Gasteiger partial charge is 0.246 e. The Bertz CT molecular complexity index is 765. The van der Waals surface area contributed by atoms with Crippen molar-refractivity contribution in [3.63, 3.8) is 0 Å². The summed E-state index contributed by atoms with van der Waals surface area (Å²) in [5.41, 5.74) is 1.48. The molecule has 0 aliphatic heterocycles. The summed E-state index contributed by atoms with van der Waals surface area (Å²) in [4.78, 5) is 0.246. The predicted molar refractivity (Wildman–Crippen MR) is 86.9 cm³/mol. The molecule has 2 heterocycles. The molecule has 9 heteroatoms. The SMILES string of the molecule is CCn1ncc(S(=O)(=O)N(C)Cc2c(Br)cnn2CC)c1C. The van der Waals surface area contributed by atoms with Crippen LogP contribution in [-0.4, -0.2) is 39.3 Å². The highest BCUT2D eigenvalue weighted by atomic mass is 79.9. The highest BCUT2D eigenvalue weighted by molar-refractivity contribution is 9.10. The number of nitrogens with zero attached hydrogens (tertiary/aromatic N) is 5. The van der Waals surface area contributed by atoms with Crippen molar-refractivity contribution in [2.45, 2.75) is 45.3 Å². The molecule has 0 amide bonds. The van der Waals surface area contributed by atoms with E-state index in [9.17, 15) is 8.42 Å². The van der Waals surface area contributed by atoms with Crippen LogP contribution in [0.25, 0.3) is 0 Å². The molecule has 0 aliphatic rings. The lowest BCUT2D eigenvalue weighted by Crippen LogP contribution is -2.28. The van der Waals surface area contributed by atoms with Gasteiger partial charge in [0, 0.05) is 20.1 Å². The second-order valence-electron chi connectivity index (χ2n) is 4.93. The molecule has 0 saturated heterocycles. The van der Waals surface area contributed by atoms with E-state index in [0.717, 1.165) is 10.2 Å². The summed E-state index contributed by atoms with van der Waals surface area (Å²) in [6.07, 6.45) is 3.09. The van der Waals surface area contributed by atoms with Gasteiger partial charge in [-0.3, -0.25) is 9.36 Å². The van der Waals surface area contributed by atoms with E-state index in [2.05, 4.69) is 26.1 Å². The van der Waals surface area contributed by atoms with E-state index in [4.69, 9.17) is 0 Å². The van der Waals surface area contributed by atoms with Gasteiger partial charge in [0.1, 0.15) is 4.90 Å². The number of hydrogen-bond acceptors (Lipinski definition) is 4. The molecule has 0 radical (unpaired) electrons. The largest absolute Gasteiger partial charge is 0.269 e. The van der Waals surface area contributed by atoms with E-state index in [0.29, 0.717) is 18.8 Å². The van der Waals surface area contributed by atoms with E-state index >= 15 is 0 Å². The molecule has 0 spiro atoms. The molecule has 2 aromatic heterocycles. The number of sulfonamides is 1. The molecule has 7 nitrogen and oxygen atoms in total. The maximum absolute atomic E-state index is 12.7. The molecule has 0 aromatic carbocycles. The van der Waals surface area contributed by atoms with Gasteiger partial charge in [-0.15, -0.1) is 0 Å². The summed E-state index contributed by atoms with van der Waals surface area (Å²) < 4.78 is 31.1. The summed E-state index contributed by atoms with van der Waals surface area (Å²) in [5.74, 6) is 0. The minimum atomic E-state index is -3.59. The quantitative estimate of drug-likeness (QED) is 0.757. The highest BCUT2D eigenvalue weighted by Crippen LogP contribution is 2.23. The lowest BCUT2D eigenvalue weighted by molar-refractivity contribution is 0.445. The van der Waals surface area contributed by atoms with Gasteiger partial charge in [0.05, 0.1) is 34.8 Å². The second kappa shape index (κ2) is 6.51. The van der Waals surface area contributed by atoms with Crippen LogP contribution in [-0.2, 0) is 29.7 Å². The Hall–Kier alpha value is -1.19. The van der Waals surface area contributed by atoms with Crippen LogP contribution in [0.15, 0.2) is 21.8 Å². The standard InChI is InChI=1S/C13H20BrN5O2S/c1-5-18-10(3)13(8-16-18)22(20,21)17(4)9-12-11(14)7-15-19(12)6-2/h7-8H,5-6,9H2,1-4H3. The maximum Gasteiger partial charge on any atom is 0.246 e. The molecule has 0 fully saturated rings. The van der Waals surface area contributed by atoms with Crippen molar-refractivity contribution in [3.05, 3.63) is 28.3 Å². The van der Waals surface area contributed by atoms with Crippen molar-refractivity contribution in [1.82, 2.24) is 23.9 Å². The van der Waals surface area contributed by atoms with Crippen LogP contribution in [0.3, 0.4) is 0 Å². The Morgan fingerprint density at radius 1 is 1.18 bits per heavy atom. The normalized spacial score (nSPS) is 12.3. The van der Waals surface area contributed by atoms with Crippen molar-refractivity contribution >= 4 is 26.0 Å². The van der Waals surface area contributed by atoms with Gasteiger partial charge < -0.3 is 0 Å². The molecule has 0 atom stereocenters. The first kappa shape index (κ1) is 17.2. The summed E-state index contributed by atoms with van der Waals surface area (Å²) in [7, 11) is -2.02. The molecule has 122 valence electrons. The van der Waals surface area contributed by atoms with Gasteiger partial charge in [-0.05, 0) is 36.7 Å². The number of hydrogen-bond donors (Lipinski definition) is 0. The van der Waals surface area contributed by atoms with Crippen LogP contribution in [0, 0.1) is 6.92 Å². The summed E-state index contributed by atoms with van der Waals surface area (Å²) in [6.45, 7) is 7.22. The minimum absolute atomic E-state index is 0.244. The molecule has 0 N–H and O–H groups in total. The average molecular weight is 390 g/mol. The lowest BCUT2D eigenvalue weighted by Gasteiger charge is -2.18. The molecule has 0 unspecified atom stereocenters. The Labute approximate surface area is 139 Å². The zero-order valence-electron chi connectivity index (χ0n) is 13.1. The van der Waals surface area contributed by atoms with Gasteiger partial charge in [0.25, 0.3) is 0 Å². The van der Waals surface area contributed by atoms with Crippen LogP contribution >= 0.6 is 15.9 Å². The van der Waals surface area contributed by atoms with Crippen molar-refractivity contribution in [2.24, 2.45) is 0 Å². The maximum atomic E-state index is 12.7. The number of halogens is 1. The summed E-state index contributed by atoms with van der Waals surface area (Å²) >= 11 is 3.42. The fourth-order valence-electron chi connectivity index (χ4n) is 2.28. The zero-order valence-corrected chi connectivity index (χ0v) is 15.5. The molecule has 2 rings (SSSR count). The van der Waals surface area contributed by atoms with Crippen LogP contribution in [0.1, 0.15) is 25.2 Å². The van der Waals surface area contributed by atoms with Crippen molar-refractivity contribution < 1.29 is 8.42 Å². The van der Waals surface area contributed by atoms with E-state index in [1.807, 2.05) is 13.8 Å². The fourth-order valence-corrected chi connectivity index (χ4v) is 3.99. The molecule has 0 saturated carbocycles. The van der Waals surface area contributed by atoms with Crippen molar-refractivity contribution in [2.75, 3.05) is 7.05 Å². The lowest BCUT2D eigenvalue weighted by atomic mass is 10.4. The second-order valence-corrected chi connectivity index (χ2v) is 7.79. The fraction of sp³-hybridized carbons (Fsp3) is 0.538. The Morgan fingerprint density at radius 3 is 2.32 bits per heavy atom. The van der Waals surface area contributed by atoms with Gasteiger partial charge in [-0.25, -0.2) is 8.42 Å². The number of aryl methyl sites for hydroxylation is 2. The Kier molecular flexibility index (Phi) is 5.08. The molecular formula is C13H20BrN5O2S. The Morgan fingerprint density at radius 2 is 1.77 bits per heavy atom. The first-order chi connectivity index (χ1) is 10.3. The molecular weight excluding hydrogens is 370 g/mol. The highest BCUT2D eigenvalue weighted by Gasteiger charge is 2.27. The molecule has 22 heavy (non-hydrogen) atoms. The first-order valence-electron chi connectivity index (χ1n) is 7.01. The number of aromatic nitrogens is 4. The third-order valence-electron chi connectivity index (χ3n) is 3.62. The van der Waals surface area contributed by atoms with Gasteiger partial charge >= 0.3 is 0 Å². The third kappa shape index (κ3) is 2.97. The van der Waals surface area contributed by atoms with Crippen LogP contribution in [0.4, 0.5) is 0 Å². The van der Waals surface area contributed by atoms with Gasteiger partial charge in [-0.1, -0.05) is 0 Å². The molecule has 0 bridgehead atoms. The summed E-state index contributed by atoms with van der Waals surface area (Å²) in [6, 6.07) is 0. The third-order valence-corrected chi connectivity index (χ3v) is 6.18. The number of rotatable bonds is 6. The van der Waals surface area contributed by atoms with E-state index in [1.165, 1.54) is 10.5 Å². The van der Waals surface area contributed by atoms with Crippen LogP contribution < -0.4 is 0 Å². The monoisotopic (exact) mass is 389 g/mol. The van der Waals surface area contributed by atoms with Crippen LogP contribution in [0.5, 0.6) is 0 Å².